The van der Waals surface area contributed by atoms with Crippen molar-refractivity contribution in [3.8, 4) is 0 Å². The molecule has 0 radical (unpaired) electrons. The summed E-state index contributed by atoms with van der Waals surface area (Å²) in [7, 11) is 0. The van der Waals surface area contributed by atoms with E-state index in [0.29, 0.717) is 25.4 Å². The van der Waals surface area contributed by atoms with Gasteiger partial charge in [0, 0.05) is 32.7 Å². The summed E-state index contributed by atoms with van der Waals surface area (Å²) in [6.07, 6.45) is 2.96. The van der Waals surface area contributed by atoms with Crippen molar-refractivity contribution >= 4 is 12.1 Å². The third-order valence-corrected chi connectivity index (χ3v) is 5.22. The van der Waals surface area contributed by atoms with Gasteiger partial charge in [-0.15, -0.1) is 0 Å². The standard InChI is InChI=1S/C24H40N4O3/c1-5-25-22(27-16-14-21(29)20-11-7-6-8-12-20)26-15-13-19-10-9-17-28(18-19)23(30)31-24(2,3)4/h6-8,11-12,19,21,29H,5,9-10,13-18H2,1-4H3,(H2,25,26,27). The molecule has 0 bridgehead atoms. The van der Waals surface area contributed by atoms with Crippen molar-refractivity contribution in [1.29, 1.82) is 0 Å². The molecule has 0 aliphatic carbocycles. The van der Waals surface area contributed by atoms with E-state index in [4.69, 9.17) is 4.74 Å². The second-order valence-electron chi connectivity index (χ2n) is 9.13. The second-order valence-corrected chi connectivity index (χ2v) is 9.13. The van der Waals surface area contributed by atoms with Crippen LogP contribution in [0.4, 0.5) is 4.79 Å². The minimum absolute atomic E-state index is 0.215. The van der Waals surface area contributed by atoms with Crippen LogP contribution in [0.3, 0.4) is 0 Å². The lowest BCUT2D eigenvalue weighted by molar-refractivity contribution is 0.0163. The number of carbonyl (C=O) groups excluding carboxylic acids is 1. The average Bonchev–Trinajstić information content (AvgIpc) is 2.73. The highest BCUT2D eigenvalue weighted by Gasteiger charge is 2.27. The Kier molecular flexibility index (Phi) is 10.1. The van der Waals surface area contributed by atoms with Crippen LogP contribution in [0, 0.1) is 5.92 Å². The quantitative estimate of drug-likeness (QED) is 0.431. The number of carbonyl (C=O) groups is 1. The minimum Gasteiger partial charge on any atom is -0.444 e. The van der Waals surface area contributed by atoms with Crippen molar-refractivity contribution in [2.45, 2.75) is 65.1 Å². The molecule has 1 saturated heterocycles. The summed E-state index contributed by atoms with van der Waals surface area (Å²) in [6, 6.07) is 9.70. The monoisotopic (exact) mass is 432 g/mol. The summed E-state index contributed by atoms with van der Waals surface area (Å²) in [6.45, 7) is 11.3. The molecule has 3 N–H and O–H groups in total. The zero-order chi connectivity index (χ0) is 22.7. The van der Waals surface area contributed by atoms with Crippen molar-refractivity contribution in [3.63, 3.8) is 0 Å². The fraction of sp³-hybridized carbons (Fsp3) is 0.667. The van der Waals surface area contributed by atoms with Crippen LogP contribution in [-0.2, 0) is 4.74 Å². The number of piperidine rings is 1. The number of hydrogen-bond acceptors (Lipinski definition) is 4. The molecule has 0 spiro atoms. The predicted molar refractivity (Wildman–Crippen MR) is 125 cm³/mol. The number of guanidine groups is 1. The van der Waals surface area contributed by atoms with E-state index < -0.39 is 11.7 Å². The van der Waals surface area contributed by atoms with Crippen LogP contribution in [0.2, 0.25) is 0 Å². The van der Waals surface area contributed by atoms with Crippen LogP contribution >= 0.6 is 0 Å². The van der Waals surface area contributed by atoms with E-state index >= 15 is 0 Å². The Hall–Kier alpha value is -2.28. The van der Waals surface area contributed by atoms with Crippen LogP contribution in [0.1, 0.15) is 65.0 Å². The average molecular weight is 433 g/mol. The molecule has 31 heavy (non-hydrogen) atoms. The van der Waals surface area contributed by atoms with Crippen LogP contribution in [-0.4, -0.2) is 60.4 Å². The van der Waals surface area contributed by atoms with Gasteiger partial charge < -0.3 is 25.4 Å². The number of rotatable bonds is 8. The van der Waals surface area contributed by atoms with Gasteiger partial charge in [0.25, 0.3) is 0 Å². The molecular formula is C24H40N4O3. The van der Waals surface area contributed by atoms with Gasteiger partial charge in [-0.2, -0.15) is 0 Å². The SMILES string of the molecule is CCNC(=NCCC1CCCN(C(=O)OC(C)(C)C)C1)NCCC(O)c1ccccc1. The molecule has 0 saturated carbocycles. The summed E-state index contributed by atoms with van der Waals surface area (Å²) in [5, 5.41) is 16.9. The molecule has 2 unspecified atom stereocenters. The van der Waals surface area contributed by atoms with Gasteiger partial charge in [0.2, 0.25) is 0 Å². The van der Waals surface area contributed by atoms with Gasteiger partial charge in [-0.1, -0.05) is 30.3 Å². The van der Waals surface area contributed by atoms with E-state index in [1.807, 2.05) is 62.9 Å². The Balaban J connectivity index is 1.76. The van der Waals surface area contributed by atoms with E-state index in [2.05, 4.69) is 15.6 Å². The van der Waals surface area contributed by atoms with E-state index in [1.54, 1.807) is 0 Å². The molecule has 1 aliphatic heterocycles. The fourth-order valence-corrected chi connectivity index (χ4v) is 3.66. The van der Waals surface area contributed by atoms with E-state index in [-0.39, 0.29) is 6.09 Å². The molecule has 1 amide bonds. The lowest BCUT2D eigenvalue weighted by Crippen LogP contribution is -2.43. The highest BCUT2D eigenvalue weighted by atomic mass is 16.6. The zero-order valence-electron chi connectivity index (χ0n) is 19.6. The predicted octanol–water partition coefficient (Wildman–Crippen LogP) is 3.70. The molecule has 0 aromatic heterocycles. The number of benzene rings is 1. The lowest BCUT2D eigenvalue weighted by Gasteiger charge is -2.34. The molecule has 7 heteroatoms. The summed E-state index contributed by atoms with van der Waals surface area (Å²) in [5.41, 5.74) is 0.465. The van der Waals surface area contributed by atoms with Gasteiger partial charge in [0.15, 0.2) is 5.96 Å². The maximum absolute atomic E-state index is 12.3. The maximum atomic E-state index is 12.3. The van der Waals surface area contributed by atoms with Crippen molar-refractivity contribution < 1.29 is 14.6 Å². The smallest absolute Gasteiger partial charge is 0.410 e. The molecule has 1 aliphatic rings. The van der Waals surface area contributed by atoms with E-state index in [1.165, 1.54) is 0 Å². The van der Waals surface area contributed by atoms with Crippen LogP contribution < -0.4 is 10.6 Å². The summed E-state index contributed by atoms with van der Waals surface area (Å²) < 4.78 is 5.51. The maximum Gasteiger partial charge on any atom is 0.410 e. The number of hydrogen-bond donors (Lipinski definition) is 3. The molecule has 174 valence electrons. The van der Waals surface area contributed by atoms with Gasteiger partial charge in [-0.05, 0) is 64.9 Å². The Morgan fingerprint density at radius 2 is 2.03 bits per heavy atom. The summed E-state index contributed by atoms with van der Waals surface area (Å²) >= 11 is 0. The summed E-state index contributed by atoms with van der Waals surface area (Å²) in [4.78, 5) is 18.9. The number of amides is 1. The molecule has 2 atom stereocenters. The highest BCUT2D eigenvalue weighted by molar-refractivity contribution is 5.79. The molecule has 2 rings (SSSR count). The Labute approximate surface area is 187 Å². The van der Waals surface area contributed by atoms with Gasteiger partial charge >= 0.3 is 6.09 Å². The van der Waals surface area contributed by atoms with Crippen molar-refractivity contribution in [3.05, 3.63) is 35.9 Å². The Morgan fingerprint density at radius 3 is 2.71 bits per heavy atom. The Bertz CT molecular complexity index is 688. The third kappa shape index (κ3) is 9.59. The van der Waals surface area contributed by atoms with Gasteiger partial charge in [-0.3, -0.25) is 4.99 Å². The number of nitrogens with one attached hydrogen (secondary N) is 2. The highest BCUT2D eigenvalue weighted by Crippen LogP contribution is 2.21. The van der Waals surface area contributed by atoms with Gasteiger partial charge in [0.05, 0.1) is 6.10 Å². The van der Waals surface area contributed by atoms with Gasteiger partial charge in [-0.25, -0.2) is 4.79 Å². The Morgan fingerprint density at radius 1 is 1.29 bits per heavy atom. The topological polar surface area (TPSA) is 86.2 Å². The normalized spacial score (nSPS) is 18.4. The first-order valence-electron chi connectivity index (χ1n) is 11.5. The summed E-state index contributed by atoms with van der Waals surface area (Å²) in [5.74, 6) is 1.20. The van der Waals surface area contributed by atoms with Crippen LogP contribution in [0.5, 0.6) is 0 Å². The molecule has 1 heterocycles. The van der Waals surface area contributed by atoms with Crippen molar-refractivity contribution in [2.24, 2.45) is 10.9 Å². The first kappa shape index (κ1) is 25.0. The number of aliphatic hydroxyl groups is 1. The van der Waals surface area contributed by atoms with Crippen LogP contribution in [0.25, 0.3) is 0 Å². The van der Waals surface area contributed by atoms with Crippen molar-refractivity contribution in [2.75, 3.05) is 32.7 Å². The van der Waals surface area contributed by atoms with Crippen LogP contribution in [0.15, 0.2) is 35.3 Å². The number of aliphatic hydroxyl groups excluding tert-OH is 1. The number of likely N-dealkylation sites (tertiary alicyclic amines) is 1. The molecule has 7 nitrogen and oxygen atoms in total. The molecule has 1 fully saturated rings. The molecule has 1 aromatic carbocycles. The fourth-order valence-electron chi connectivity index (χ4n) is 3.66. The lowest BCUT2D eigenvalue weighted by atomic mass is 9.95. The molecule has 1 aromatic rings. The number of ether oxygens (including phenoxy) is 1. The van der Waals surface area contributed by atoms with E-state index in [0.717, 1.165) is 50.4 Å². The third-order valence-electron chi connectivity index (χ3n) is 5.22. The van der Waals surface area contributed by atoms with Gasteiger partial charge in [0.1, 0.15) is 5.60 Å². The first-order chi connectivity index (χ1) is 14.8. The zero-order valence-corrected chi connectivity index (χ0v) is 19.6. The number of aliphatic imine (C=N–C) groups is 1. The van der Waals surface area contributed by atoms with E-state index in [9.17, 15) is 9.90 Å². The molecular weight excluding hydrogens is 392 g/mol. The number of nitrogens with zero attached hydrogens (tertiary/aromatic N) is 2. The minimum atomic E-state index is -0.488. The van der Waals surface area contributed by atoms with Crippen molar-refractivity contribution in [1.82, 2.24) is 15.5 Å². The first-order valence-corrected chi connectivity index (χ1v) is 11.5. The largest absolute Gasteiger partial charge is 0.444 e. The second kappa shape index (κ2) is 12.5.